The number of nitrogens with zero attached hydrogens (tertiary/aromatic N) is 3. The minimum atomic E-state index is -0.282. The van der Waals surface area contributed by atoms with Gasteiger partial charge in [-0.25, -0.2) is 4.79 Å². The fourth-order valence-corrected chi connectivity index (χ4v) is 4.55. The number of piperidine rings is 1. The molecule has 8 nitrogen and oxygen atoms in total. The lowest BCUT2D eigenvalue weighted by Gasteiger charge is -2.30. The Morgan fingerprint density at radius 2 is 1.64 bits per heavy atom. The molecule has 2 fully saturated rings. The van der Waals surface area contributed by atoms with Crippen molar-refractivity contribution in [3.63, 3.8) is 0 Å². The second-order valence-corrected chi connectivity index (χ2v) is 9.39. The van der Waals surface area contributed by atoms with Gasteiger partial charge in [0.25, 0.3) is 5.91 Å². The molecule has 182 valence electrons. The number of rotatable bonds is 6. The summed E-state index contributed by atoms with van der Waals surface area (Å²) in [5.74, 6) is 0.565. The van der Waals surface area contributed by atoms with E-state index in [9.17, 15) is 14.4 Å². The normalized spacial score (nSPS) is 17.0. The predicted octanol–water partition coefficient (Wildman–Crippen LogP) is 3.54. The Morgan fingerprint density at radius 1 is 0.909 bits per heavy atom. The maximum Gasteiger partial charge on any atom is 0.319 e. The molecule has 1 aromatic carbocycles. The summed E-state index contributed by atoms with van der Waals surface area (Å²) in [6.45, 7) is 10.9. The van der Waals surface area contributed by atoms with E-state index in [0.29, 0.717) is 43.2 Å². The van der Waals surface area contributed by atoms with Crippen molar-refractivity contribution < 1.29 is 14.4 Å². The molecule has 0 spiro atoms. The highest BCUT2D eigenvalue weighted by atomic mass is 16.2. The molecule has 8 heteroatoms. The molecule has 2 saturated heterocycles. The second kappa shape index (κ2) is 11.9. The van der Waals surface area contributed by atoms with Gasteiger partial charge in [0.1, 0.15) is 0 Å². The first kappa shape index (κ1) is 24.9. The summed E-state index contributed by atoms with van der Waals surface area (Å²) < 4.78 is 0. The topological polar surface area (TPSA) is 85.0 Å². The Labute approximate surface area is 197 Å². The fraction of sp³-hybridized carbons (Fsp3) is 0.640. The molecule has 0 bridgehead atoms. The van der Waals surface area contributed by atoms with E-state index in [1.165, 1.54) is 0 Å². The van der Waals surface area contributed by atoms with E-state index in [1.807, 2.05) is 28.9 Å². The van der Waals surface area contributed by atoms with E-state index in [2.05, 4.69) is 29.4 Å². The zero-order valence-electron chi connectivity index (χ0n) is 20.4. The highest BCUT2D eigenvalue weighted by Crippen LogP contribution is 2.28. The lowest BCUT2D eigenvalue weighted by atomic mass is 10.1. The van der Waals surface area contributed by atoms with Crippen molar-refractivity contribution in [2.45, 2.75) is 52.9 Å². The van der Waals surface area contributed by atoms with Gasteiger partial charge in [-0.1, -0.05) is 13.8 Å². The van der Waals surface area contributed by atoms with Gasteiger partial charge in [0.2, 0.25) is 5.91 Å². The van der Waals surface area contributed by atoms with Gasteiger partial charge in [-0.3, -0.25) is 9.59 Å². The van der Waals surface area contributed by atoms with E-state index < -0.39 is 0 Å². The predicted molar refractivity (Wildman–Crippen MR) is 132 cm³/mol. The number of anilines is 2. The van der Waals surface area contributed by atoms with Crippen LogP contribution in [0.15, 0.2) is 18.2 Å². The van der Waals surface area contributed by atoms with Crippen LogP contribution in [-0.4, -0.2) is 73.5 Å². The molecule has 2 aliphatic heterocycles. The van der Waals surface area contributed by atoms with Crippen molar-refractivity contribution in [3.05, 3.63) is 23.8 Å². The number of carbonyl (C=O) groups excluding carboxylic acids is 3. The van der Waals surface area contributed by atoms with Gasteiger partial charge in [0.15, 0.2) is 0 Å². The molecule has 0 saturated carbocycles. The van der Waals surface area contributed by atoms with Crippen LogP contribution in [0.5, 0.6) is 0 Å². The van der Waals surface area contributed by atoms with Crippen LogP contribution >= 0.6 is 0 Å². The summed E-state index contributed by atoms with van der Waals surface area (Å²) in [5.41, 5.74) is 2.10. The summed E-state index contributed by atoms with van der Waals surface area (Å²) in [4.78, 5) is 44.2. The largest absolute Gasteiger partial charge is 0.369 e. The Balaban J connectivity index is 1.82. The van der Waals surface area contributed by atoms with Crippen molar-refractivity contribution in [3.8, 4) is 0 Å². The highest BCUT2D eigenvalue weighted by molar-refractivity contribution is 6.02. The summed E-state index contributed by atoms with van der Waals surface area (Å²) in [6.07, 6.45) is 4.63. The highest BCUT2D eigenvalue weighted by Gasteiger charge is 2.26. The molecule has 2 aliphatic rings. The molecule has 3 rings (SSSR count). The van der Waals surface area contributed by atoms with Crippen molar-refractivity contribution in [2.75, 3.05) is 56.0 Å². The van der Waals surface area contributed by atoms with Crippen LogP contribution < -0.4 is 15.5 Å². The van der Waals surface area contributed by atoms with Crippen LogP contribution in [0, 0.1) is 5.92 Å². The van der Waals surface area contributed by atoms with Gasteiger partial charge >= 0.3 is 6.03 Å². The Bertz CT molecular complexity index is 835. The maximum atomic E-state index is 13.5. The molecule has 2 N–H and O–H groups in total. The lowest BCUT2D eigenvalue weighted by Crippen LogP contribution is -2.38. The molecule has 0 unspecified atom stereocenters. The smallest absolute Gasteiger partial charge is 0.319 e. The van der Waals surface area contributed by atoms with E-state index in [1.54, 1.807) is 6.07 Å². The van der Waals surface area contributed by atoms with E-state index in [4.69, 9.17) is 0 Å². The standard InChI is InChI=1S/C25H39N5O3/c1-4-26-25(33)27-20-9-10-22(21(18-20)24(32)30-11-6-5-7-12-30)28-13-8-14-29(16-15-28)23(31)17-19(2)3/h9-10,18-19H,4-8,11-17H2,1-3H3,(H2,26,27,33). The first-order valence-corrected chi connectivity index (χ1v) is 12.4. The van der Waals surface area contributed by atoms with Crippen LogP contribution in [-0.2, 0) is 4.79 Å². The van der Waals surface area contributed by atoms with Crippen LogP contribution in [0.3, 0.4) is 0 Å². The van der Waals surface area contributed by atoms with Gasteiger partial charge in [-0.2, -0.15) is 0 Å². The van der Waals surface area contributed by atoms with Crippen molar-refractivity contribution >= 4 is 29.2 Å². The second-order valence-electron chi connectivity index (χ2n) is 9.39. The van der Waals surface area contributed by atoms with Gasteiger partial charge < -0.3 is 25.3 Å². The molecule has 33 heavy (non-hydrogen) atoms. The molecule has 0 aliphatic carbocycles. The monoisotopic (exact) mass is 457 g/mol. The van der Waals surface area contributed by atoms with Crippen molar-refractivity contribution in [1.82, 2.24) is 15.1 Å². The van der Waals surface area contributed by atoms with Crippen LogP contribution in [0.25, 0.3) is 0 Å². The Hall–Kier alpha value is -2.77. The van der Waals surface area contributed by atoms with Gasteiger partial charge in [-0.15, -0.1) is 0 Å². The Kier molecular flexibility index (Phi) is 8.97. The maximum absolute atomic E-state index is 13.5. The van der Waals surface area contributed by atoms with Crippen molar-refractivity contribution in [1.29, 1.82) is 0 Å². The number of likely N-dealkylation sites (tertiary alicyclic amines) is 1. The van der Waals surface area contributed by atoms with Crippen molar-refractivity contribution in [2.24, 2.45) is 5.92 Å². The number of amides is 4. The quantitative estimate of drug-likeness (QED) is 0.684. The Morgan fingerprint density at radius 3 is 2.33 bits per heavy atom. The average Bonchev–Trinajstić information content (AvgIpc) is 3.05. The molecule has 0 radical (unpaired) electrons. The van der Waals surface area contributed by atoms with Crippen LogP contribution in [0.2, 0.25) is 0 Å². The van der Waals surface area contributed by atoms with Crippen LogP contribution in [0.1, 0.15) is 63.2 Å². The van der Waals surface area contributed by atoms with E-state index in [-0.39, 0.29) is 17.8 Å². The fourth-order valence-electron chi connectivity index (χ4n) is 4.55. The molecule has 0 aromatic heterocycles. The molecule has 2 heterocycles. The third-order valence-corrected chi connectivity index (χ3v) is 6.24. The summed E-state index contributed by atoms with van der Waals surface area (Å²) in [6, 6.07) is 5.30. The number of nitrogens with one attached hydrogen (secondary N) is 2. The first-order valence-electron chi connectivity index (χ1n) is 12.4. The van der Waals surface area contributed by atoms with Gasteiger partial charge in [0.05, 0.1) is 5.56 Å². The molecule has 4 amide bonds. The van der Waals surface area contributed by atoms with E-state index >= 15 is 0 Å². The number of hydrogen-bond acceptors (Lipinski definition) is 4. The third-order valence-electron chi connectivity index (χ3n) is 6.24. The minimum absolute atomic E-state index is 0.0150. The average molecular weight is 458 g/mol. The molecular formula is C25H39N5O3. The zero-order valence-corrected chi connectivity index (χ0v) is 20.4. The minimum Gasteiger partial charge on any atom is -0.369 e. The molecular weight excluding hydrogens is 418 g/mol. The lowest BCUT2D eigenvalue weighted by molar-refractivity contribution is -0.131. The summed E-state index contributed by atoms with van der Waals surface area (Å²) in [5, 5.41) is 5.56. The number of carbonyl (C=O) groups is 3. The number of benzene rings is 1. The summed E-state index contributed by atoms with van der Waals surface area (Å²) in [7, 11) is 0. The summed E-state index contributed by atoms with van der Waals surface area (Å²) >= 11 is 0. The molecule has 1 aromatic rings. The molecule has 0 atom stereocenters. The van der Waals surface area contributed by atoms with E-state index in [0.717, 1.165) is 57.5 Å². The third kappa shape index (κ3) is 6.85. The van der Waals surface area contributed by atoms with Gasteiger partial charge in [0, 0.05) is 63.6 Å². The van der Waals surface area contributed by atoms with Crippen LogP contribution in [0.4, 0.5) is 16.2 Å². The zero-order chi connectivity index (χ0) is 23.8. The first-order chi connectivity index (χ1) is 15.9. The SMILES string of the molecule is CCNC(=O)Nc1ccc(N2CCCN(C(=O)CC(C)C)CC2)c(C(=O)N2CCCCC2)c1. The number of hydrogen-bond donors (Lipinski definition) is 2. The number of urea groups is 1. The van der Waals surface area contributed by atoms with Gasteiger partial charge in [-0.05, 0) is 56.7 Å².